The molecule has 2 aromatic heterocycles. The van der Waals surface area contributed by atoms with Gasteiger partial charge in [0.25, 0.3) is 5.56 Å². The second-order valence-corrected chi connectivity index (χ2v) is 8.45. The van der Waals surface area contributed by atoms with Gasteiger partial charge in [0, 0.05) is 43.7 Å². The topological polar surface area (TPSA) is 54.3 Å². The van der Waals surface area contributed by atoms with Gasteiger partial charge in [-0.2, -0.15) is 0 Å². The molecule has 5 rings (SSSR count). The first-order valence-corrected chi connectivity index (χ1v) is 10.6. The maximum absolute atomic E-state index is 13.7. The van der Waals surface area contributed by atoms with Crippen LogP contribution < -0.4 is 10.5 Å². The van der Waals surface area contributed by atoms with Gasteiger partial charge in [-0.05, 0) is 62.7 Å². The molecular formula is C24H27N5O. The molecule has 1 saturated heterocycles. The number of rotatable bonds is 3. The Hall–Kier alpha value is -2.99. The summed E-state index contributed by atoms with van der Waals surface area (Å²) >= 11 is 0. The van der Waals surface area contributed by atoms with Crippen LogP contribution in [0.15, 0.2) is 64.9 Å². The predicted octanol–water partition coefficient (Wildman–Crippen LogP) is 3.24. The Morgan fingerprint density at radius 2 is 1.83 bits per heavy atom. The molecular weight excluding hydrogens is 374 g/mol. The van der Waals surface area contributed by atoms with Gasteiger partial charge < -0.3 is 9.80 Å². The van der Waals surface area contributed by atoms with Crippen LogP contribution in [0.1, 0.15) is 31.0 Å². The lowest BCUT2D eigenvalue weighted by molar-refractivity contribution is 0.248. The molecule has 4 heterocycles. The zero-order valence-corrected chi connectivity index (χ0v) is 17.6. The lowest BCUT2D eigenvalue weighted by Gasteiger charge is -2.30. The minimum absolute atomic E-state index is 0.0230. The lowest BCUT2D eigenvalue weighted by atomic mass is 9.95. The van der Waals surface area contributed by atoms with E-state index in [2.05, 4.69) is 46.3 Å². The molecule has 0 saturated carbocycles. The Balaban J connectivity index is 1.64. The zero-order chi connectivity index (χ0) is 20.7. The van der Waals surface area contributed by atoms with Crippen molar-refractivity contribution in [3.63, 3.8) is 0 Å². The molecule has 0 atom stereocenters. The van der Waals surface area contributed by atoms with Gasteiger partial charge in [-0.1, -0.05) is 18.2 Å². The summed E-state index contributed by atoms with van der Waals surface area (Å²) in [6.45, 7) is 2.78. The van der Waals surface area contributed by atoms with Crippen LogP contribution >= 0.6 is 0 Å². The van der Waals surface area contributed by atoms with Crippen molar-refractivity contribution in [1.29, 1.82) is 0 Å². The van der Waals surface area contributed by atoms with E-state index < -0.39 is 0 Å². The van der Waals surface area contributed by atoms with Crippen LogP contribution in [-0.4, -0.2) is 46.1 Å². The summed E-state index contributed by atoms with van der Waals surface area (Å²) in [6.07, 6.45) is 15.0. The van der Waals surface area contributed by atoms with Gasteiger partial charge in [0.05, 0.1) is 0 Å². The first kappa shape index (κ1) is 19.0. The monoisotopic (exact) mass is 401 g/mol. The van der Waals surface area contributed by atoms with E-state index in [1.54, 1.807) is 17.0 Å². The normalized spacial score (nSPS) is 19.6. The van der Waals surface area contributed by atoms with E-state index in [9.17, 15) is 4.79 Å². The molecule has 154 valence electrons. The molecule has 2 aliphatic heterocycles. The number of likely N-dealkylation sites (tertiary alicyclic amines) is 1. The van der Waals surface area contributed by atoms with Crippen molar-refractivity contribution in [3.8, 4) is 11.3 Å². The van der Waals surface area contributed by atoms with Gasteiger partial charge in [0.15, 0.2) is 0 Å². The molecule has 0 bridgehead atoms. The fourth-order valence-corrected chi connectivity index (χ4v) is 4.68. The number of fused-ring (bicyclic) bond motifs is 1. The highest BCUT2D eigenvalue weighted by Gasteiger charge is 2.29. The summed E-state index contributed by atoms with van der Waals surface area (Å²) in [7, 11) is 4.03. The number of aromatic nitrogens is 3. The van der Waals surface area contributed by atoms with Crippen LogP contribution in [0.25, 0.3) is 11.3 Å². The maximum atomic E-state index is 13.7. The molecule has 0 aromatic carbocycles. The number of nitrogens with zero attached hydrogens (tertiary/aromatic N) is 5. The summed E-state index contributed by atoms with van der Waals surface area (Å²) in [5.41, 5.74) is 4.93. The number of piperidine rings is 1. The van der Waals surface area contributed by atoms with Crippen LogP contribution in [0.2, 0.25) is 0 Å². The molecule has 2 aromatic rings. The Bertz CT molecular complexity index is 1100. The van der Waals surface area contributed by atoms with Crippen LogP contribution in [0, 0.1) is 0 Å². The number of hydrogen-bond donors (Lipinski definition) is 0. The average Bonchev–Trinajstić information content (AvgIpc) is 3.20. The van der Waals surface area contributed by atoms with Crippen LogP contribution in [0.5, 0.6) is 0 Å². The fourth-order valence-electron chi connectivity index (χ4n) is 4.68. The van der Waals surface area contributed by atoms with Gasteiger partial charge in [-0.25, -0.2) is 4.98 Å². The molecule has 1 fully saturated rings. The van der Waals surface area contributed by atoms with Gasteiger partial charge in [-0.15, -0.1) is 0 Å². The average molecular weight is 402 g/mol. The second-order valence-electron chi connectivity index (χ2n) is 8.45. The van der Waals surface area contributed by atoms with E-state index >= 15 is 0 Å². The molecule has 6 heteroatoms. The smallest absolute Gasteiger partial charge is 0.277 e. The van der Waals surface area contributed by atoms with Crippen molar-refractivity contribution in [2.75, 3.05) is 31.6 Å². The van der Waals surface area contributed by atoms with E-state index in [1.807, 2.05) is 19.2 Å². The van der Waals surface area contributed by atoms with Gasteiger partial charge >= 0.3 is 0 Å². The van der Waals surface area contributed by atoms with Crippen LogP contribution in [0.4, 0.5) is 5.69 Å². The fraction of sp³-hybridized carbons (Fsp3) is 0.375. The second kappa shape index (κ2) is 7.69. The largest absolute Gasteiger partial charge is 0.337 e. The van der Waals surface area contributed by atoms with E-state index in [0.29, 0.717) is 18.2 Å². The number of allylic oxidation sites excluding steroid dienone is 3. The number of anilines is 1. The third-order valence-corrected chi connectivity index (χ3v) is 6.46. The Kier molecular flexibility index (Phi) is 4.87. The minimum atomic E-state index is 0.0230. The molecule has 0 amide bonds. The van der Waals surface area contributed by atoms with Crippen molar-refractivity contribution in [3.05, 3.63) is 76.3 Å². The molecule has 0 spiro atoms. The summed E-state index contributed by atoms with van der Waals surface area (Å²) in [6, 6.07) is 3.89. The molecule has 0 radical (unpaired) electrons. The third kappa shape index (κ3) is 3.31. The molecule has 6 nitrogen and oxygen atoms in total. The van der Waals surface area contributed by atoms with Crippen molar-refractivity contribution in [2.24, 2.45) is 7.05 Å². The standard InChI is InChI=1S/C24H27N5O/c1-27-13-9-18(10-14-27)23-26-21(17-7-11-25-12-8-17)22(24(30)28(23)2)29-15-19-5-3-4-6-20(19)16-29/h3-5,7-8,11-12,16,18H,6,9-10,13-15H2,1-2H3. The quantitative estimate of drug-likeness (QED) is 0.790. The van der Waals surface area contributed by atoms with Gasteiger partial charge in [0.2, 0.25) is 0 Å². The first-order chi connectivity index (χ1) is 14.6. The van der Waals surface area contributed by atoms with E-state index in [4.69, 9.17) is 4.98 Å². The van der Waals surface area contributed by atoms with Crippen molar-refractivity contribution in [2.45, 2.75) is 25.2 Å². The highest BCUT2D eigenvalue weighted by Crippen LogP contribution is 2.35. The van der Waals surface area contributed by atoms with Crippen molar-refractivity contribution < 1.29 is 0 Å². The van der Waals surface area contributed by atoms with E-state index in [0.717, 1.165) is 49.4 Å². The molecule has 0 N–H and O–H groups in total. The van der Waals surface area contributed by atoms with Crippen LogP contribution in [-0.2, 0) is 7.05 Å². The molecule has 1 aliphatic carbocycles. The van der Waals surface area contributed by atoms with Crippen LogP contribution in [0.3, 0.4) is 0 Å². The van der Waals surface area contributed by atoms with Gasteiger partial charge in [-0.3, -0.25) is 14.3 Å². The maximum Gasteiger partial charge on any atom is 0.277 e. The highest BCUT2D eigenvalue weighted by molar-refractivity contribution is 5.77. The summed E-state index contributed by atoms with van der Waals surface area (Å²) in [5, 5.41) is 0. The minimum Gasteiger partial charge on any atom is -0.337 e. The van der Waals surface area contributed by atoms with Crippen molar-refractivity contribution >= 4 is 5.69 Å². The highest BCUT2D eigenvalue weighted by atomic mass is 16.1. The predicted molar refractivity (Wildman–Crippen MR) is 119 cm³/mol. The zero-order valence-electron chi connectivity index (χ0n) is 17.6. The first-order valence-electron chi connectivity index (χ1n) is 10.6. The summed E-state index contributed by atoms with van der Waals surface area (Å²) < 4.78 is 1.78. The lowest BCUT2D eigenvalue weighted by Crippen LogP contribution is -2.35. The van der Waals surface area contributed by atoms with Gasteiger partial charge in [0.1, 0.15) is 17.2 Å². The molecule has 30 heavy (non-hydrogen) atoms. The molecule has 3 aliphatic rings. The SMILES string of the molecule is CN1CCC(c2nc(-c3ccncc3)c(N3C=C4CC=CC=C4C3)c(=O)n2C)CC1. The Labute approximate surface area is 176 Å². The summed E-state index contributed by atoms with van der Waals surface area (Å²) in [4.78, 5) is 27.4. The number of pyridine rings is 1. The Morgan fingerprint density at radius 1 is 1.07 bits per heavy atom. The van der Waals surface area contributed by atoms with E-state index in [1.165, 1.54) is 11.1 Å². The van der Waals surface area contributed by atoms with E-state index in [-0.39, 0.29) is 5.56 Å². The summed E-state index contributed by atoms with van der Waals surface area (Å²) in [5.74, 6) is 1.20. The third-order valence-electron chi connectivity index (χ3n) is 6.46. The molecule has 0 unspecified atom stereocenters. The Morgan fingerprint density at radius 3 is 2.57 bits per heavy atom. The van der Waals surface area contributed by atoms with Crippen molar-refractivity contribution in [1.82, 2.24) is 19.4 Å². The number of hydrogen-bond acceptors (Lipinski definition) is 5.